The average molecular weight is 214 g/mol. The van der Waals surface area contributed by atoms with Crippen molar-refractivity contribution in [2.45, 2.75) is 25.8 Å². The molecule has 88 valence electrons. The summed E-state index contributed by atoms with van der Waals surface area (Å²) >= 11 is 0. The Balaban J connectivity index is 2.51. The molecule has 0 radical (unpaired) electrons. The lowest BCUT2D eigenvalue weighted by Gasteiger charge is -2.36. The minimum atomic E-state index is -0.0820. The summed E-state index contributed by atoms with van der Waals surface area (Å²) in [6, 6.07) is -0.0336. The number of esters is 1. The molecular weight excluding hydrogens is 192 g/mol. The van der Waals surface area contributed by atoms with Crippen molar-refractivity contribution in [2.24, 2.45) is 0 Å². The third-order valence-electron chi connectivity index (χ3n) is 3.01. The lowest BCUT2D eigenvalue weighted by Crippen LogP contribution is -2.51. The number of ether oxygens (including phenoxy) is 1. The Morgan fingerprint density at radius 3 is 2.40 bits per heavy atom. The first kappa shape index (κ1) is 12.5. The zero-order chi connectivity index (χ0) is 11.3. The van der Waals surface area contributed by atoms with E-state index in [4.69, 9.17) is 4.74 Å². The molecule has 4 nitrogen and oxygen atoms in total. The maximum Gasteiger partial charge on any atom is 0.323 e. The Bertz CT molecular complexity index is 201. The number of methoxy groups -OCH3 is 1. The molecule has 1 fully saturated rings. The van der Waals surface area contributed by atoms with Gasteiger partial charge in [0, 0.05) is 26.2 Å². The van der Waals surface area contributed by atoms with Gasteiger partial charge < -0.3 is 9.64 Å². The first-order valence-corrected chi connectivity index (χ1v) is 5.69. The fraction of sp³-hybridized carbons (Fsp3) is 0.909. The first-order valence-electron chi connectivity index (χ1n) is 5.69. The van der Waals surface area contributed by atoms with Gasteiger partial charge in [-0.25, -0.2) is 0 Å². The molecular formula is C11H22N2O2. The van der Waals surface area contributed by atoms with Crippen molar-refractivity contribution in [3.8, 4) is 0 Å². The maximum absolute atomic E-state index is 11.6. The standard InChI is InChI=1S/C11H22N2O2/c1-4-5-10(11(14)15-3)13-8-6-12(2)7-9-13/h10H,4-9H2,1-3H3. The van der Waals surface area contributed by atoms with E-state index in [-0.39, 0.29) is 12.0 Å². The average Bonchev–Trinajstić information content (AvgIpc) is 2.26. The zero-order valence-corrected chi connectivity index (χ0v) is 10.0. The second kappa shape index (κ2) is 6.08. The fourth-order valence-electron chi connectivity index (χ4n) is 1.99. The van der Waals surface area contributed by atoms with Crippen LogP contribution in [0.4, 0.5) is 0 Å². The van der Waals surface area contributed by atoms with Gasteiger partial charge in [0.25, 0.3) is 0 Å². The Hall–Kier alpha value is -0.610. The highest BCUT2D eigenvalue weighted by molar-refractivity contribution is 5.75. The van der Waals surface area contributed by atoms with E-state index in [0.29, 0.717) is 0 Å². The van der Waals surface area contributed by atoms with Crippen molar-refractivity contribution in [1.82, 2.24) is 9.80 Å². The lowest BCUT2D eigenvalue weighted by atomic mass is 10.1. The summed E-state index contributed by atoms with van der Waals surface area (Å²) in [6.07, 6.45) is 1.92. The fourth-order valence-corrected chi connectivity index (χ4v) is 1.99. The van der Waals surface area contributed by atoms with Gasteiger partial charge in [-0.3, -0.25) is 9.69 Å². The Kier molecular flexibility index (Phi) is 5.05. The molecule has 1 atom stereocenters. The van der Waals surface area contributed by atoms with Crippen LogP contribution < -0.4 is 0 Å². The minimum Gasteiger partial charge on any atom is -0.468 e. The van der Waals surface area contributed by atoms with Crippen LogP contribution >= 0.6 is 0 Å². The van der Waals surface area contributed by atoms with E-state index in [1.54, 1.807) is 0 Å². The topological polar surface area (TPSA) is 32.8 Å². The first-order chi connectivity index (χ1) is 7.19. The highest BCUT2D eigenvalue weighted by Crippen LogP contribution is 2.11. The number of piperazine rings is 1. The molecule has 0 aromatic heterocycles. The predicted molar refractivity (Wildman–Crippen MR) is 59.8 cm³/mol. The van der Waals surface area contributed by atoms with Crippen LogP contribution in [0.25, 0.3) is 0 Å². The van der Waals surface area contributed by atoms with E-state index in [1.807, 2.05) is 0 Å². The Labute approximate surface area is 92.2 Å². The van der Waals surface area contributed by atoms with Gasteiger partial charge in [-0.1, -0.05) is 13.3 Å². The van der Waals surface area contributed by atoms with E-state index in [2.05, 4.69) is 23.8 Å². The molecule has 1 heterocycles. The molecule has 15 heavy (non-hydrogen) atoms. The van der Waals surface area contributed by atoms with Crippen LogP contribution in [0.15, 0.2) is 0 Å². The smallest absolute Gasteiger partial charge is 0.323 e. The number of likely N-dealkylation sites (N-methyl/N-ethyl adjacent to an activating group) is 1. The summed E-state index contributed by atoms with van der Waals surface area (Å²) in [5, 5.41) is 0. The summed E-state index contributed by atoms with van der Waals surface area (Å²) in [4.78, 5) is 16.1. The third kappa shape index (κ3) is 3.47. The summed E-state index contributed by atoms with van der Waals surface area (Å²) in [5.41, 5.74) is 0. The number of hydrogen-bond acceptors (Lipinski definition) is 4. The summed E-state index contributed by atoms with van der Waals surface area (Å²) in [6.45, 7) is 6.12. The molecule has 1 unspecified atom stereocenters. The quantitative estimate of drug-likeness (QED) is 0.641. The molecule has 1 saturated heterocycles. The minimum absolute atomic E-state index is 0.0336. The van der Waals surface area contributed by atoms with Crippen LogP contribution in [0.2, 0.25) is 0 Å². The molecule has 0 aromatic carbocycles. The van der Waals surface area contributed by atoms with E-state index in [1.165, 1.54) is 7.11 Å². The Morgan fingerprint density at radius 1 is 1.33 bits per heavy atom. The largest absolute Gasteiger partial charge is 0.468 e. The monoisotopic (exact) mass is 214 g/mol. The summed E-state index contributed by atoms with van der Waals surface area (Å²) in [5.74, 6) is -0.0820. The van der Waals surface area contributed by atoms with Crippen molar-refractivity contribution >= 4 is 5.97 Å². The van der Waals surface area contributed by atoms with Crippen LogP contribution in [0.5, 0.6) is 0 Å². The van der Waals surface area contributed by atoms with Gasteiger partial charge in [-0.05, 0) is 13.5 Å². The molecule has 0 aliphatic carbocycles. The molecule has 1 aliphatic rings. The van der Waals surface area contributed by atoms with E-state index in [0.717, 1.165) is 39.0 Å². The van der Waals surface area contributed by atoms with Gasteiger partial charge in [-0.2, -0.15) is 0 Å². The summed E-state index contributed by atoms with van der Waals surface area (Å²) < 4.78 is 4.85. The molecule has 4 heteroatoms. The molecule has 0 bridgehead atoms. The number of nitrogens with zero attached hydrogens (tertiary/aromatic N) is 2. The van der Waals surface area contributed by atoms with Crippen molar-refractivity contribution in [3.05, 3.63) is 0 Å². The van der Waals surface area contributed by atoms with Crippen molar-refractivity contribution in [1.29, 1.82) is 0 Å². The van der Waals surface area contributed by atoms with E-state index < -0.39 is 0 Å². The Morgan fingerprint density at radius 2 is 1.93 bits per heavy atom. The van der Waals surface area contributed by atoms with Crippen LogP contribution in [0.3, 0.4) is 0 Å². The highest BCUT2D eigenvalue weighted by Gasteiger charge is 2.27. The van der Waals surface area contributed by atoms with Crippen LogP contribution in [-0.2, 0) is 9.53 Å². The summed E-state index contributed by atoms with van der Waals surface area (Å²) in [7, 11) is 3.59. The van der Waals surface area contributed by atoms with Gasteiger partial charge in [-0.15, -0.1) is 0 Å². The second-order valence-corrected chi connectivity index (χ2v) is 4.17. The second-order valence-electron chi connectivity index (χ2n) is 4.17. The van der Waals surface area contributed by atoms with Crippen LogP contribution in [0.1, 0.15) is 19.8 Å². The normalized spacial score (nSPS) is 21.3. The number of hydrogen-bond donors (Lipinski definition) is 0. The molecule has 0 aromatic rings. The van der Waals surface area contributed by atoms with Gasteiger partial charge in [0.2, 0.25) is 0 Å². The van der Waals surface area contributed by atoms with Crippen molar-refractivity contribution in [2.75, 3.05) is 40.3 Å². The highest BCUT2D eigenvalue weighted by atomic mass is 16.5. The lowest BCUT2D eigenvalue weighted by molar-refractivity contribution is -0.148. The number of carbonyl (C=O) groups excluding carboxylic acids is 1. The third-order valence-corrected chi connectivity index (χ3v) is 3.01. The molecule has 1 aliphatic heterocycles. The van der Waals surface area contributed by atoms with E-state index >= 15 is 0 Å². The van der Waals surface area contributed by atoms with Gasteiger partial charge in [0.15, 0.2) is 0 Å². The van der Waals surface area contributed by atoms with Crippen LogP contribution in [-0.4, -0.2) is 62.1 Å². The van der Waals surface area contributed by atoms with E-state index in [9.17, 15) is 4.79 Å². The SMILES string of the molecule is CCCC(C(=O)OC)N1CCN(C)CC1. The number of rotatable bonds is 4. The van der Waals surface area contributed by atoms with Crippen molar-refractivity contribution in [3.63, 3.8) is 0 Å². The van der Waals surface area contributed by atoms with Gasteiger partial charge in [0.1, 0.15) is 6.04 Å². The van der Waals surface area contributed by atoms with Gasteiger partial charge in [0.05, 0.1) is 7.11 Å². The molecule has 0 spiro atoms. The van der Waals surface area contributed by atoms with Gasteiger partial charge >= 0.3 is 5.97 Å². The molecule has 1 rings (SSSR count). The van der Waals surface area contributed by atoms with Crippen molar-refractivity contribution < 1.29 is 9.53 Å². The molecule has 0 amide bonds. The molecule has 0 N–H and O–H groups in total. The zero-order valence-electron chi connectivity index (χ0n) is 10.0. The van der Waals surface area contributed by atoms with Crippen LogP contribution in [0, 0.1) is 0 Å². The number of carbonyl (C=O) groups is 1. The predicted octanol–water partition coefficient (Wildman–Crippen LogP) is 0.575. The molecule has 0 saturated carbocycles. The maximum atomic E-state index is 11.6.